The Morgan fingerprint density at radius 2 is 2.28 bits per heavy atom. The van der Waals surface area contributed by atoms with Crippen molar-refractivity contribution in [3.8, 4) is 6.07 Å². The van der Waals surface area contributed by atoms with Gasteiger partial charge in [0.2, 0.25) is 11.8 Å². The third kappa shape index (κ3) is 4.92. The first-order valence-corrected chi connectivity index (χ1v) is 10.9. The minimum atomic E-state index is -0.435. The van der Waals surface area contributed by atoms with Crippen LogP contribution in [0.1, 0.15) is 36.1 Å². The van der Waals surface area contributed by atoms with Gasteiger partial charge in [0.05, 0.1) is 34.6 Å². The number of thioether (sulfide) groups is 1. The Morgan fingerprint density at radius 3 is 2.93 bits per heavy atom. The molecule has 0 bridgehead atoms. The molecular weight excluding hydrogens is 454 g/mol. The van der Waals surface area contributed by atoms with Crippen molar-refractivity contribution >= 4 is 45.2 Å². The number of furan rings is 1. The molecule has 1 aromatic heterocycles. The quantitative estimate of drug-likeness (QED) is 0.637. The first kappa shape index (κ1) is 21.2. The van der Waals surface area contributed by atoms with Crippen LogP contribution in [-0.2, 0) is 16.0 Å². The van der Waals surface area contributed by atoms with Gasteiger partial charge in [-0.3, -0.25) is 9.59 Å². The van der Waals surface area contributed by atoms with E-state index in [1.807, 2.05) is 26.0 Å². The van der Waals surface area contributed by atoms with Crippen LogP contribution in [0.15, 0.2) is 50.0 Å². The molecular formula is C21H20BrN3O3S. The third-order valence-corrected chi connectivity index (χ3v) is 6.09. The van der Waals surface area contributed by atoms with E-state index in [-0.39, 0.29) is 24.0 Å². The molecule has 0 fully saturated rings. The van der Waals surface area contributed by atoms with Gasteiger partial charge in [0.15, 0.2) is 0 Å². The van der Waals surface area contributed by atoms with Crippen molar-refractivity contribution in [3.05, 3.63) is 62.5 Å². The number of anilines is 1. The van der Waals surface area contributed by atoms with E-state index in [4.69, 9.17) is 4.42 Å². The van der Waals surface area contributed by atoms with Crippen LogP contribution < -0.4 is 10.6 Å². The van der Waals surface area contributed by atoms with E-state index in [1.54, 1.807) is 12.1 Å². The number of carbonyl (C=O) groups excluding carboxylic acids is 2. The Morgan fingerprint density at radius 1 is 1.48 bits per heavy atom. The first-order valence-electron chi connectivity index (χ1n) is 9.12. The van der Waals surface area contributed by atoms with E-state index in [9.17, 15) is 14.9 Å². The van der Waals surface area contributed by atoms with E-state index in [2.05, 4.69) is 32.6 Å². The SMILES string of the molecule is CCc1cc(Br)cc(C)c1NC(=O)CSC1=C(C#N)[C@H](c2ccco2)CC(=O)N1. The number of carbonyl (C=O) groups is 2. The van der Waals surface area contributed by atoms with E-state index in [0.717, 1.165) is 39.5 Å². The second-order valence-electron chi connectivity index (χ2n) is 6.62. The lowest BCUT2D eigenvalue weighted by molar-refractivity contribution is -0.121. The highest BCUT2D eigenvalue weighted by Gasteiger charge is 2.31. The fraction of sp³-hybridized carbons (Fsp3) is 0.286. The van der Waals surface area contributed by atoms with Crippen molar-refractivity contribution in [1.82, 2.24) is 5.32 Å². The molecule has 2 aromatic rings. The molecule has 8 heteroatoms. The minimum absolute atomic E-state index is 0.0737. The number of nitriles is 1. The van der Waals surface area contributed by atoms with Crippen LogP contribution in [0.4, 0.5) is 5.69 Å². The summed E-state index contributed by atoms with van der Waals surface area (Å²) < 4.78 is 6.37. The van der Waals surface area contributed by atoms with Gasteiger partial charge < -0.3 is 15.1 Å². The fourth-order valence-electron chi connectivity index (χ4n) is 3.25. The zero-order chi connectivity index (χ0) is 21.0. The Labute approximate surface area is 181 Å². The number of aryl methyl sites for hydroxylation is 2. The summed E-state index contributed by atoms with van der Waals surface area (Å²) in [5.74, 6) is -0.198. The molecule has 0 spiro atoms. The topological polar surface area (TPSA) is 95.1 Å². The number of hydrogen-bond acceptors (Lipinski definition) is 5. The van der Waals surface area contributed by atoms with Gasteiger partial charge in [-0.15, -0.1) is 0 Å². The number of nitrogens with one attached hydrogen (secondary N) is 2. The lowest BCUT2D eigenvalue weighted by Gasteiger charge is -2.23. The Balaban J connectivity index is 1.75. The van der Waals surface area contributed by atoms with Crippen LogP contribution in [0.5, 0.6) is 0 Å². The second-order valence-corrected chi connectivity index (χ2v) is 8.52. The molecule has 1 aliphatic rings. The number of hydrogen-bond donors (Lipinski definition) is 2. The van der Waals surface area contributed by atoms with Gasteiger partial charge in [-0.2, -0.15) is 5.26 Å². The molecule has 0 saturated carbocycles. The van der Waals surface area contributed by atoms with Gasteiger partial charge in [-0.1, -0.05) is 34.6 Å². The van der Waals surface area contributed by atoms with Crippen molar-refractivity contribution in [2.45, 2.75) is 32.6 Å². The molecule has 6 nitrogen and oxygen atoms in total. The molecule has 0 aliphatic carbocycles. The van der Waals surface area contributed by atoms with E-state index < -0.39 is 5.92 Å². The maximum absolute atomic E-state index is 12.6. The van der Waals surface area contributed by atoms with Crippen LogP contribution >= 0.6 is 27.7 Å². The normalized spacial score (nSPS) is 16.3. The third-order valence-electron chi connectivity index (χ3n) is 4.62. The monoisotopic (exact) mass is 473 g/mol. The first-order chi connectivity index (χ1) is 13.9. The van der Waals surface area contributed by atoms with E-state index in [1.165, 1.54) is 6.26 Å². The maximum atomic E-state index is 12.6. The number of rotatable bonds is 6. The lowest BCUT2D eigenvalue weighted by Crippen LogP contribution is -2.31. The molecule has 2 heterocycles. The van der Waals surface area contributed by atoms with Gasteiger partial charge >= 0.3 is 0 Å². The molecule has 3 rings (SSSR count). The summed E-state index contributed by atoms with van der Waals surface area (Å²) in [4.78, 5) is 24.7. The summed E-state index contributed by atoms with van der Waals surface area (Å²) in [5.41, 5.74) is 3.22. The molecule has 2 N–H and O–H groups in total. The zero-order valence-corrected chi connectivity index (χ0v) is 18.4. The van der Waals surface area contributed by atoms with Crippen molar-refractivity contribution in [2.75, 3.05) is 11.1 Å². The van der Waals surface area contributed by atoms with Crippen molar-refractivity contribution < 1.29 is 14.0 Å². The molecule has 1 atom stereocenters. The molecule has 2 amide bonds. The molecule has 1 aliphatic heterocycles. The van der Waals surface area contributed by atoms with Gasteiger partial charge in [-0.25, -0.2) is 0 Å². The Kier molecular flexibility index (Phi) is 6.83. The van der Waals surface area contributed by atoms with Crippen molar-refractivity contribution in [1.29, 1.82) is 5.26 Å². The summed E-state index contributed by atoms with van der Waals surface area (Å²) in [6.45, 7) is 3.97. The van der Waals surface area contributed by atoms with Crippen LogP contribution in [0.25, 0.3) is 0 Å². The summed E-state index contributed by atoms with van der Waals surface area (Å²) in [6, 6.07) is 9.58. The van der Waals surface area contributed by atoms with E-state index in [0.29, 0.717) is 16.4 Å². The predicted molar refractivity (Wildman–Crippen MR) is 116 cm³/mol. The largest absolute Gasteiger partial charge is 0.469 e. The summed E-state index contributed by atoms with van der Waals surface area (Å²) in [7, 11) is 0. The molecule has 0 radical (unpaired) electrons. The van der Waals surface area contributed by atoms with Crippen molar-refractivity contribution in [2.24, 2.45) is 0 Å². The van der Waals surface area contributed by atoms with Crippen LogP contribution in [-0.4, -0.2) is 17.6 Å². The average molecular weight is 474 g/mol. The number of benzene rings is 1. The minimum Gasteiger partial charge on any atom is -0.469 e. The van der Waals surface area contributed by atoms with Gasteiger partial charge in [-0.05, 0) is 48.7 Å². The summed E-state index contributed by atoms with van der Waals surface area (Å²) in [6.07, 6.45) is 2.45. The Hall–Kier alpha value is -2.50. The van der Waals surface area contributed by atoms with Gasteiger partial charge in [0, 0.05) is 16.6 Å². The van der Waals surface area contributed by atoms with Crippen LogP contribution in [0, 0.1) is 18.3 Å². The average Bonchev–Trinajstić information content (AvgIpc) is 3.22. The lowest BCUT2D eigenvalue weighted by atomic mass is 9.92. The maximum Gasteiger partial charge on any atom is 0.234 e. The molecule has 29 heavy (non-hydrogen) atoms. The summed E-state index contributed by atoms with van der Waals surface area (Å²) >= 11 is 4.62. The smallest absolute Gasteiger partial charge is 0.234 e. The van der Waals surface area contributed by atoms with Gasteiger partial charge in [0.1, 0.15) is 5.76 Å². The van der Waals surface area contributed by atoms with Crippen LogP contribution in [0.2, 0.25) is 0 Å². The van der Waals surface area contributed by atoms with Crippen LogP contribution in [0.3, 0.4) is 0 Å². The predicted octanol–water partition coefficient (Wildman–Crippen LogP) is 4.62. The highest BCUT2D eigenvalue weighted by atomic mass is 79.9. The number of allylic oxidation sites excluding steroid dienone is 1. The number of halogens is 1. The van der Waals surface area contributed by atoms with Gasteiger partial charge in [0.25, 0.3) is 0 Å². The molecule has 0 unspecified atom stereocenters. The zero-order valence-electron chi connectivity index (χ0n) is 16.0. The standard InChI is InChI=1S/C21H20BrN3O3S/c1-3-13-8-14(22)7-12(2)20(13)24-19(27)11-29-21-16(10-23)15(9-18(26)25-21)17-5-4-6-28-17/h4-8,15H,3,9,11H2,1-2H3,(H,24,27)(H,25,26)/t15-/m1/s1. The molecule has 150 valence electrons. The van der Waals surface area contributed by atoms with E-state index >= 15 is 0 Å². The Bertz CT molecular complexity index is 1010. The molecule has 0 saturated heterocycles. The second kappa shape index (κ2) is 9.33. The fourth-order valence-corrected chi connectivity index (χ4v) is 4.75. The summed E-state index contributed by atoms with van der Waals surface area (Å²) in [5, 5.41) is 15.7. The molecule has 1 aromatic carbocycles. The number of nitrogens with zero attached hydrogens (tertiary/aromatic N) is 1. The highest BCUT2D eigenvalue weighted by Crippen LogP contribution is 2.36. The highest BCUT2D eigenvalue weighted by molar-refractivity contribution is 9.10. The number of amides is 2. The van der Waals surface area contributed by atoms with Crippen molar-refractivity contribution in [3.63, 3.8) is 0 Å².